The molecule has 0 aliphatic carbocycles. The first-order valence-corrected chi connectivity index (χ1v) is 6.88. The number of nitrogens with zero attached hydrogens (tertiary/aromatic N) is 3. The van der Waals surface area contributed by atoms with E-state index in [4.69, 9.17) is 4.52 Å². The van der Waals surface area contributed by atoms with E-state index in [0.717, 1.165) is 12.1 Å². The number of benzene rings is 1. The molecule has 0 aliphatic rings. The molecule has 0 fully saturated rings. The summed E-state index contributed by atoms with van der Waals surface area (Å²) in [6, 6.07) is 2.87. The molecule has 23 heavy (non-hydrogen) atoms. The first-order chi connectivity index (χ1) is 10.8. The molecule has 1 aromatic carbocycles. The number of hydrogen-bond donors (Lipinski definition) is 2. The lowest BCUT2D eigenvalue weighted by molar-refractivity contribution is -0.385. The molecule has 0 radical (unpaired) electrons. The van der Waals surface area contributed by atoms with E-state index < -0.39 is 28.3 Å². The fourth-order valence-electron chi connectivity index (χ4n) is 2.00. The normalized spacial score (nSPS) is 12.2. The molecule has 2 N–H and O–H groups in total. The second-order valence-corrected chi connectivity index (χ2v) is 5.34. The Hall–Kier alpha value is -2.97. The smallest absolute Gasteiger partial charge is 0.310 e. The lowest BCUT2D eigenvalue weighted by Crippen LogP contribution is -2.32. The Morgan fingerprint density at radius 3 is 2.61 bits per heavy atom. The zero-order valence-corrected chi connectivity index (χ0v) is 12.8. The van der Waals surface area contributed by atoms with Crippen molar-refractivity contribution in [3.05, 3.63) is 45.6 Å². The van der Waals surface area contributed by atoms with Crippen molar-refractivity contribution in [3.8, 4) is 5.75 Å². The Kier molecular flexibility index (Phi) is 4.58. The average Bonchev–Trinajstić information content (AvgIpc) is 2.89. The van der Waals surface area contributed by atoms with Gasteiger partial charge in [0.2, 0.25) is 5.89 Å². The van der Waals surface area contributed by atoms with Gasteiger partial charge in [-0.2, -0.15) is 4.98 Å². The van der Waals surface area contributed by atoms with E-state index in [-0.39, 0.29) is 17.4 Å². The van der Waals surface area contributed by atoms with Crippen LogP contribution in [0.1, 0.15) is 42.0 Å². The molecule has 0 spiro atoms. The fraction of sp³-hybridized carbons (Fsp3) is 0.357. The maximum atomic E-state index is 12.3. The molecule has 1 amide bonds. The summed E-state index contributed by atoms with van der Waals surface area (Å²) in [6.45, 7) is 5.41. The second kappa shape index (κ2) is 6.42. The van der Waals surface area contributed by atoms with Crippen LogP contribution in [-0.4, -0.2) is 26.1 Å². The minimum atomic E-state index is -0.727. The van der Waals surface area contributed by atoms with Gasteiger partial charge in [-0.3, -0.25) is 14.9 Å². The van der Waals surface area contributed by atoms with Gasteiger partial charge in [-0.25, -0.2) is 0 Å². The lowest BCUT2D eigenvalue weighted by Gasteiger charge is -2.18. The lowest BCUT2D eigenvalue weighted by atomic mass is 10.0. The van der Waals surface area contributed by atoms with Gasteiger partial charge >= 0.3 is 5.69 Å². The van der Waals surface area contributed by atoms with Gasteiger partial charge in [0.15, 0.2) is 11.6 Å². The molecule has 0 aliphatic heterocycles. The third-order valence-electron chi connectivity index (χ3n) is 3.20. The number of aromatic hydroxyl groups is 1. The predicted molar refractivity (Wildman–Crippen MR) is 78.8 cm³/mol. The summed E-state index contributed by atoms with van der Waals surface area (Å²) in [7, 11) is 0. The van der Waals surface area contributed by atoms with Crippen LogP contribution >= 0.6 is 0 Å². The summed E-state index contributed by atoms with van der Waals surface area (Å²) in [5.41, 5.74) is -0.371. The topological polar surface area (TPSA) is 131 Å². The number of nitrogens with one attached hydrogen (secondary N) is 1. The highest BCUT2D eigenvalue weighted by atomic mass is 16.6. The summed E-state index contributed by atoms with van der Waals surface area (Å²) in [5, 5.41) is 26.7. The second-order valence-electron chi connectivity index (χ2n) is 5.34. The van der Waals surface area contributed by atoms with Gasteiger partial charge in [0.05, 0.1) is 4.92 Å². The molecule has 2 aromatic rings. The molecule has 2 rings (SSSR count). The van der Waals surface area contributed by atoms with E-state index >= 15 is 0 Å². The molecule has 0 bridgehead atoms. The third-order valence-corrected chi connectivity index (χ3v) is 3.20. The highest BCUT2D eigenvalue weighted by Crippen LogP contribution is 2.27. The number of carbonyl (C=O) groups excluding carboxylic acids is 1. The van der Waals surface area contributed by atoms with E-state index in [9.17, 15) is 20.0 Å². The Morgan fingerprint density at radius 1 is 1.43 bits per heavy atom. The monoisotopic (exact) mass is 320 g/mol. The molecule has 0 saturated carbocycles. The molecule has 1 aromatic heterocycles. The Bertz CT molecular complexity index is 741. The van der Waals surface area contributed by atoms with Gasteiger partial charge in [-0.15, -0.1) is 0 Å². The standard InChI is InChI=1S/C14H16N4O5/c1-7(2)12(14-15-8(3)17-23-14)16-13(20)9-4-5-10(18(21)22)11(19)6-9/h4-7,12,19H,1-3H3,(H,16,20). The van der Waals surface area contributed by atoms with Crippen molar-refractivity contribution in [2.24, 2.45) is 5.92 Å². The van der Waals surface area contributed by atoms with E-state index in [2.05, 4.69) is 15.5 Å². The van der Waals surface area contributed by atoms with Gasteiger partial charge in [-0.1, -0.05) is 19.0 Å². The fourth-order valence-corrected chi connectivity index (χ4v) is 2.00. The van der Waals surface area contributed by atoms with E-state index in [1.807, 2.05) is 13.8 Å². The van der Waals surface area contributed by atoms with Crippen LogP contribution < -0.4 is 5.32 Å². The number of phenolic OH excluding ortho intramolecular Hbond substituents is 1. The summed E-state index contributed by atoms with van der Waals surface area (Å²) < 4.78 is 5.08. The third kappa shape index (κ3) is 3.62. The number of phenols is 1. The summed E-state index contributed by atoms with van der Waals surface area (Å²) in [4.78, 5) is 26.3. The van der Waals surface area contributed by atoms with Crippen LogP contribution in [0.2, 0.25) is 0 Å². The first kappa shape index (κ1) is 16.4. The van der Waals surface area contributed by atoms with Gasteiger partial charge in [0.1, 0.15) is 6.04 Å². The molecule has 9 heteroatoms. The van der Waals surface area contributed by atoms with Crippen molar-refractivity contribution >= 4 is 11.6 Å². The van der Waals surface area contributed by atoms with Crippen LogP contribution in [-0.2, 0) is 0 Å². The number of amides is 1. The molecule has 1 unspecified atom stereocenters. The number of rotatable bonds is 5. The Labute approximate surface area is 131 Å². The molecule has 1 heterocycles. The number of nitro groups is 1. The molecule has 0 saturated heterocycles. The highest BCUT2D eigenvalue weighted by Gasteiger charge is 2.25. The summed E-state index contributed by atoms with van der Waals surface area (Å²) >= 11 is 0. The van der Waals surface area contributed by atoms with Gasteiger partial charge < -0.3 is 14.9 Å². The Balaban J connectivity index is 2.22. The minimum Gasteiger partial charge on any atom is -0.502 e. The van der Waals surface area contributed by atoms with Gasteiger partial charge in [-0.05, 0) is 25.0 Å². The minimum absolute atomic E-state index is 0.0227. The summed E-state index contributed by atoms with van der Waals surface area (Å²) in [6.07, 6.45) is 0. The molecular weight excluding hydrogens is 304 g/mol. The van der Waals surface area contributed by atoms with Crippen molar-refractivity contribution in [1.82, 2.24) is 15.5 Å². The summed E-state index contributed by atoms with van der Waals surface area (Å²) in [5.74, 6) is -0.377. The van der Waals surface area contributed by atoms with Crippen LogP contribution in [0.4, 0.5) is 5.69 Å². The largest absolute Gasteiger partial charge is 0.502 e. The zero-order valence-electron chi connectivity index (χ0n) is 12.8. The highest BCUT2D eigenvalue weighted by molar-refractivity contribution is 5.95. The van der Waals surface area contributed by atoms with Crippen LogP contribution in [0, 0.1) is 23.0 Å². The van der Waals surface area contributed by atoms with E-state index in [1.54, 1.807) is 6.92 Å². The van der Waals surface area contributed by atoms with Crippen LogP contribution in [0.25, 0.3) is 0 Å². The van der Waals surface area contributed by atoms with Crippen molar-refractivity contribution in [2.75, 3.05) is 0 Å². The number of nitro benzene ring substituents is 1. The molecule has 9 nitrogen and oxygen atoms in total. The Morgan fingerprint density at radius 2 is 2.13 bits per heavy atom. The van der Waals surface area contributed by atoms with Gasteiger partial charge in [0, 0.05) is 11.6 Å². The number of aryl methyl sites for hydroxylation is 1. The van der Waals surface area contributed by atoms with Crippen molar-refractivity contribution in [2.45, 2.75) is 26.8 Å². The number of hydrogen-bond acceptors (Lipinski definition) is 7. The van der Waals surface area contributed by atoms with Gasteiger partial charge in [0.25, 0.3) is 5.91 Å². The maximum Gasteiger partial charge on any atom is 0.310 e. The predicted octanol–water partition coefficient (Wildman–Crippen LogP) is 2.12. The molecule has 1 atom stereocenters. The zero-order chi connectivity index (χ0) is 17.1. The van der Waals surface area contributed by atoms with Crippen molar-refractivity contribution in [1.29, 1.82) is 0 Å². The maximum absolute atomic E-state index is 12.3. The van der Waals surface area contributed by atoms with Crippen LogP contribution in [0.5, 0.6) is 5.75 Å². The molecular formula is C14H16N4O5. The number of aromatic nitrogens is 2. The van der Waals surface area contributed by atoms with Crippen LogP contribution in [0.15, 0.2) is 22.7 Å². The van der Waals surface area contributed by atoms with E-state index in [1.165, 1.54) is 6.07 Å². The quantitative estimate of drug-likeness (QED) is 0.637. The SMILES string of the molecule is Cc1noc(C(NC(=O)c2ccc([N+](=O)[O-])c(O)c2)C(C)C)n1. The van der Waals surface area contributed by atoms with Crippen molar-refractivity contribution in [3.63, 3.8) is 0 Å². The first-order valence-electron chi connectivity index (χ1n) is 6.88. The van der Waals surface area contributed by atoms with Crippen molar-refractivity contribution < 1.29 is 19.3 Å². The number of carbonyl (C=O) groups is 1. The van der Waals surface area contributed by atoms with E-state index in [0.29, 0.717) is 5.82 Å². The molecule has 122 valence electrons. The van der Waals surface area contributed by atoms with Crippen LogP contribution in [0.3, 0.4) is 0 Å². The average molecular weight is 320 g/mol.